The molecule has 0 bridgehead atoms. The molecule has 6 rings (SSSR count). The van der Waals surface area contributed by atoms with Gasteiger partial charge in [-0.15, -0.1) is 0 Å². The van der Waals surface area contributed by atoms with Crippen LogP contribution in [-0.2, 0) is 11.2 Å². The number of hydrogen-bond acceptors (Lipinski definition) is 3. The fraction of sp³-hybridized carbons (Fsp3) is 0.778. The Morgan fingerprint density at radius 1 is 1.00 bits per heavy atom. The number of hydrogen-bond donors (Lipinski definition) is 1. The van der Waals surface area contributed by atoms with E-state index in [0.29, 0.717) is 18.1 Å². The number of Topliss-reactive ketones (excluding diaryl/α,β-unsaturated/α-hetero) is 1. The molecule has 30 heavy (non-hydrogen) atoms. The van der Waals surface area contributed by atoms with E-state index in [2.05, 4.69) is 11.9 Å². The number of rotatable bonds is 3. The van der Waals surface area contributed by atoms with Crippen LogP contribution >= 0.6 is 0 Å². The first-order chi connectivity index (χ1) is 14.4. The molecule has 1 N–H and O–H groups in total. The van der Waals surface area contributed by atoms with Crippen LogP contribution in [0.2, 0.25) is 0 Å². The highest BCUT2D eigenvalue weighted by Crippen LogP contribution is 2.68. The Morgan fingerprint density at radius 3 is 2.50 bits per heavy atom. The van der Waals surface area contributed by atoms with Crippen LogP contribution in [-0.4, -0.2) is 21.5 Å². The molecule has 5 saturated carbocycles. The van der Waals surface area contributed by atoms with Gasteiger partial charge >= 0.3 is 0 Å². The number of aromatic nitrogens is 1. The third-order valence-electron chi connectivity index (χ3n) is 10.6. The summed E-state index contributed by atoms with van der Waals surface area (Å²) in [7, 11) is 0. The summed E-state index contributed by atoms with van der Waals surface area (Å²) >= 11 is 0. The van der Waals surface area contributed by atoms with Gasteiger partial charge in [0, 0.05) is 23.7 Å². The van der Waals surface area contributed by atoms with Crippen LogP contribution in [0.5, 0.6) is 0 Å². The van der Waals surface area contributed by atoms with Crippen LogP contribution < -0.4 is 0 Å². The fourth-order valence-electron chi connectivity index (χ4n) is 9.21. The molecule has 5 aliphatic rings. The minimum atomic E-state index is -0.272. The number of pyridine rings is 1. The number of nitrogens with zero attached hydrogens (tertiary/aromatic N) is 1. The van der Waals surface area contributed by atoms with Crippen molar-refractivity contribution in [2.45, 2.75) is 83.7 Å². The van der Waals surface area contributed by atoms with Crippen molar-refractivity contribution in [1.82, 2.24) is 4.98 Å². The Bertz CT molecular complexity index is 866. The highest BCUT2D eigenvalue weighted by molar-refractivity contribution is 5.84. The Labute approximate surface area is 181 Å². The average Bonchev–Trinajstić information content (AvgIpc) is 3.28. The molecule has 0 spiro atoms. The van der Waals surface area contributed by atoms with Gasteiger partial charge in [-0.05, 0) is 118 Å². The number of aryl methyl sites for hydroxylation is 1. The van der Waals surface area contributed by atoms with E-state index in [-0.39, 0.29) is 16.9 Å². The van der Waals surface area contributed by atoms with E-state index in [1.54, 1.807) is 0 Å². The number of carbonyl (C=O) groups is 1. The van der Waals surface area contributed by atoms with Crippen LogP contribution in [0.25, 0.3) is 0 Å². The van der Waals surface area contributed by atoms with E-state index in [9.17, 15) is 9.90 Å². The lowest BCUT2D eigenvalue weighted by Gasteiger charge is -2.56. The van der Waals surface area contributed by atoms with E-state index in [1.807, 2.05) is 25.1 Å². The molecule has 3 nitrogen and oxygen atoms in total. The zero-order chi connectivity index (χ0) is 20.7. The van der Waals surface area contributed by atoms with E-state index >= 15 is 0 Å². The second-order valence-corrected chi connectivity index (χ2v) is 11.9. The summed E-state index contributed by atoms with van der Waals surface area (Å²) in [5, 5.41) is 10.7. The Balaban J connectivity index is 1.19. The Hall–Kier alpha value is -1.22. The molecule has 1 aromatic rings. The van der Waals surface area contributed by atoms with Gasteiger partial charge in [-0.3, -0.25) is 9.78 Å². The van der Waals surface area contributed by atoms with Crippen LogP contribution in [0.15, 0.2) is 18.2 Å². The second-order valence-electron chi connectivity index (χ2n) is 11.9. The Morgan fingerprint density at radius 2 is 1.73 bits per heavy atom. The standard InChI is InChI=1S/C27H37NO2/c1-16-4-3-5-17(28-16)14-25(29)23-9-8-22-20-6-7-21-19(11-13-27(30)15-24(21)27)18(20)10-12-26(22,23)2/h3-5,18-24,30H,6-15H2,1-2H3/t18-,19-,20-,21+,22+,23-,24?,26+,27+/m1/s1. The number of aliphatic hydroxyl groups is 1. The van der Waals surface area contributed by atoms with Gasteiger partial charge in [0.15, 0.2) is 0 Å². The van der Waals surface area contributed by atoms with E-state index in [1.165, 1.54) is 38.5 Å². The monoisotopic (exact) mass is 407 g/mol. The number of fused-ring (bicyclic) bond motifs is 7. The van der Waals surface area contributed by atoms with E-state index in [0.717, 1.165) is 60.2 Å². The molecule has 0 aliphatic heterocycles. The predicted octanol–water partition coefficient (Wildman–Crippen LogP) is 5.13. The van der Waals surface area contributed by atoms with Gasteiger partial charge < -0.3 is 5.11 Å². The van der Waals surface area contributed by atoms with Crippen LogP contribution in [0.4, 0.5) is 0 Å². The Kier molecular flexibility index (Phi) is 4.31. The van der Waals surface area contributed by atoms with Gasteiger partial charge in [0.25, 0.3) is 0 Å². The van der Waals surface area contributed by atoms with Gasteiger partial charge in [-0.2, -0.15) is 0 Å². The second kappa shape index (κ2) is 6.64. The highest BCUT2D eigenvalue weighted by Gasteiger charge is 2.65. The summed E-state index contributed by atoms with van der Waals surface area (Å²) in [6.45, 7) is 4.46. The van der Waals surface area contributed by atoms with Crippen LogP contribution in [0.1, 0.15) is 76.1 Å². The zero-order valence-electron chi connectivity index (χ0n) is 18.6. The number of carbonyl (C=O) groups excluding carboxylic acids is 1. The van der Waals surface area contributed by atoms with E-state index < -0.39 is 0 Å². The van der Waals surface area contributed by atoms with Gasteiger partial charge in [0.1, 0.15) is 5.78 Å². The lowest BCUT2D eigenvalue weighted by Crippen LogP contribution is -2.50. The number of ketones is 1. The summed E-state index contributed by atoms with van der Waals surface area (Å²) in [6, 6.07) is 6.05. The molecular weight excluding hydrogens is 370 g/mol. The first-order valence-electron chi connectivity index (χ1n) is 12.6. The van der Waals surface area contributed by atoms with Crippen molar-refractivity contribution < 1.29 is 9.90 Å². The molecule has 0 amide bonds. The van der Waals surface area contributed by atoms with Crippen molar-refractivity contribution in [1.29, 1.82) is 0 Å². The van der Waals surface area contributed by atoms with Crippen LogP contribution in [0.3, 0.4) is 0 Å². The average molecular weight is 408 g/mol. The van der Waals surface area contributed by atoms with Crippen LogP contribution in [0, 0.1) is 53.8 Å². The van der Waals surface area contributed by atoms with E-state index in [4.69, 9.17) is 0 Å². The first-order valence-corrected chi connectivity index (χ1v) is 12.6. The van der Waals surface area contributed by atoms with Crippen molar-refractivity contribution >= 4 is 5.78 Å². The van der Waals surface area contributed by atoms with Gasteiger partial charge in [0.2, 0.25) is 0 Å². The molecular formula is C27H37NO2. The zero-order valence-corrected chi connectivity index (χ0v) is 18.6. The largest absolute Gasteiger partial charge is 0.390 e. The van der Waals surface area contributed by atoms with Gasteiger partial charge in [0.05, 0.1) is 5.60 Å². The maximum absolute atomic E-state index is 13.4. The quantitative estimate of drug-likeness (QED) is 0.755. The minimum absolute atomic E-state index is 0.198. The summed E-state index contributed by atoms with van der Waals surface area (Å²) in [4.78, 5) is 18.0. The van der Waals surface area contributed by atoms with Gasteiger partial charge in [-0.25, -0.2) is 0 Å². The summed E-state index contributed by atoms with van der Waals surface area (Å²) in [6.07, 6.45) is 11.5. The molecule has 0 aromatic carbocycles. The molecule has 1 aromatic heterocycles. The normalized spacial score (nSPS) is 48.8. The molecule has 5 aliphatic carbocycles. The predicted molar refractivity (Wildman–Crippen MR) is 117 cm³/mol. The van der Waals surface area contributed by atoms with Crippen molar-refractivity contribution in [3.63, 3.8) is 0 Å². The minimum Gasteiger partial charge on any atom is -0.390 e. The van der Waals surface area contributed by atoms with Crippen molar-refractivity contribution in [3.05, 3.63) is 29.6 Å². The third-order valence-corrected chi connectivity index (χ3v) is 10.6. The lowest BCUT2D eigenvalue weighted by molar-refractivity contribution is -0.130. The third kappa shape index (κ3) is 2.80. The molecule has 0 radical (unpaired) electrons. The highest BCUT2D eigenvalue weighted by atomic mass is 16.3. The summed E-state index contributed by atoms with van der Waals surface area (Å²) in [5.74, 6) is 5.34. The van der Waals surface area contributed by atoms with Crippen molar-refractivity contribution in [3.8, 4) is 0 Å². The fourth-order valence-corrected chi connectivity index (χ4v) is 9.21. The molecule has 5 fully saturated rings. The van der Waals surface area contributed by atoms with Crippen molar-refractivity contribution in [2.24, 2.45) is 46.8 Å². The molecule has 162 valence electrons. The smallest absolute Gasteiger partial charge is 0.142 e. The molecule has 9 atom stereocenters. The summed E-state index contributed by atoms with van der Waals surface area (Å²) < 4.78 is 0. The van der Waals surface area contributed by atoms with Gasteiger partial charge in [-0.1, -0.05) is 13.0 Å². The lowest BCUT2D eigenvalue weighted by atomic mass is 9.49. The molecule has 3 heteroatoms. The maximum Gasteiger partial charge on any atom is 0.142 e. The topological polar surface area (TPSA) is 50.2 Å². The molecule has 0 saturated heterocycles. The first kappa shape index (κ1) is 19.5. The molecule has 1 heterocycles. The van der Waals surface area contributed by atoms with Crippen molar-refractivity contribution in [2.75, 3.05) is 0 Å². The summed E-state index contributed by atoms with van der Waals surface area (Å²) in [5.41, 5.74) is 1.87. The SMILES string of the molecule is Cc1cccc(CC(=O)[C@H]2CC[C@H]3[C@@H]4CC[C@@H]5C6C[C@@]6(O)CC[C@@H]5[C@H]4CC[C@]23C)n1. The molecule has 1 unspecified atom stereocenters. The maximum atomic E-state index is 13.4.